The highest BCUT2D eigenvalue weighted by atomic mass is 32.2. The molecule has 1 fully saturated rings. The molecular formula is C12H25NS4. The maximum atomic E-state index is 6.00. The van der Waals surface area contributed by atoms with Crippen LogP contribution < -0.4 is 5.73 Å². The molecule has 0 radical (unpaired) electrons. The average molecular weight is 312 g/mol. The fourth-order valence-electron chi connectivity index (χ4n) is 1.38. The predicted octanol–water partition coefficient (Wildman–Crippen LogP) is 3.77. The molecule has 1 aliphatic heterocycles. The van der Waals surface area contributed by atoms with Gasteiger partial charge in [-0.25, -0.2) is 0 Å². The summed E-state index contributed by atoms with van der Waals surface area (Å²) in [4.78, 5) is -0.0738. The van der Waals surface area contributed by atoms with Gasteiger partial charge in [-0.2, -0.15) is 35.3 Å². The molecule has 17 heavy (non-hydrogen) atoms. The molecule has 1 nitrogen and oxygen atoms in total. The van der Waals surface area contributed by atoms with E-state index in [9.17, 15) is 0 Å². The average Bonchev–Trinajstić information content (AvgIpc) is 2.24. The molecule has 0 aromatic rings. The van der Waals surface area contributed by atoms with Gasteiger partial charge >= 0.3 is 0 Å². The van der Waals surface area contributed by atoms with Crippen molar-refractivity contribution in [3.8, 4) is 0 Å². The van der Waals surface area contributed by atoms with Crippen molar-refractivity contribution in [1.29, 1.82) is 0 Å². The van der Waals surface area contributed by atoms with Gasteiger partial charge in [0.2, 0.25) is 0 Å². The van der Waals surface area contributed by atoms with E-state index < -0.39 is 0 Å². The molecule has 1 heterocycles. The van der Waals surface area contributed by atoms with E-state index in [0.717, 1.165) is 15.7 Å². The van der Waals surface area contributed by atoms with E-state index in [0.29, 0.717) is 0 Å². The second-order valence-electron chi connectivity index (χ2n) is 5.21. The van der Waals surface area contributed by atoms with Gasteiger partial charge in [0.15, 0.2) is 0 Å². The van der Waals surface area contributed by atoms with Gasteiger partial charge in [-0.3, -0.25) is 0 Å². The maximum absolute atomic E-state index is 6.00. The van der Waals surface area contributed by atoms with Crippen molar-refractivity contribution in [2.75, 3.05) is 23.0 Å². The third-order valence-corrected chi connectivity index (χ3v) is 8.51. The van der Waals surface area contributed by atoms with Gasteiger partial charge in [-0.1, -0.05) is 13.8 Å². The Morgan fingerprint density at radius 3 is 2.12 bits per heavy atom. The Kier molecular flexibility index (Phi) is 7.56. The number of rotatable bonds is 6. The normalized spacial score (nSPS) is 26.5. The van der Waals surface area contributed by atoms with E-state index in [4.69, 9.17) is 5.73 Å². The van der Waals surface area contributed by atoms with Crippen molar-refractivity contribution in [3.05, 3.63) is 0 Å². The van der Waals surface area contributed by atoms with E-state index in [2.05, 4.69) is 63.0 Å². The summed E-state index contributed by atoms with van der Waals surface area (Å²) in [5.74, 6) is 5.14. The largest absolute Gasteiger partial charge is 0.317 e. The highest BCUT2D eigenvalue weighted by Gasteiger charge is 2.24. The zero-order valence-corrected chi connectivity index (χ0v) is 14.5. The van der Waals surface area contributed by atoms with Crippen LogP contribution in [-0.4, -0.2) is 43.6 Å². The van der Waals surface area contributed by atoms with E-state index in [1.165, 1.54) is 23.0 Å². The minimum Gasteiger partial charge on any atom is -0.317 e. The van der Waals surface area contributed by atoms with Gasteiger partial charge in [0.05, 0.1) is 4.87 Å². The quantitative estimate of drug-likeness (QED) is 0.753. The zero-order valence-electron chi connectivity index (χ0n) is 11.3. The fraction of sp³-hybridized carbons (Fsp3) is 1.00. The van der Waals surface area contributed by atoms with Crippen LogP contribution in [-0.2, 0) is 0 Å². The predicted molar refractivity (Wildman–Crippen MR) is 90.8 cm³/mol. The van der Waals surface area contributed by atoms with Gasteiger partial charge in [-0.05, 0) is 19.1 Å². The molecule has 5 heteroatoms. The lowest BCUT2D eigenvalue weighted by atomic mass is 10.4. The fourth-order valence-corrected chi connectivity index (χ4v) is 6.79. The standard InChI is InChI=1S/C12H25NS4/c1-9(2)14-5-10-6-16-11(7-15-10)8-17-12(3,4)13/h9-11H,5-8,13H2,1-4H3. The van der Waals surface area contributed by atoms with E-state index >= 15 is 0 Å². The van der Waals surface area contributed by atoms with Crippen LogP contribution in [0.4, 0.5) is 0 Å². The summed E-state index contributed by atoms with van der Waals surface area (Å²) in [7, 11) is 0. The van der Waals surface area contributed by atoms with Crippen LogP contribution in [0.1, 0.15) is 27.7 Å². The Morgan fingerprint density at radius 1 is 1.18 bits per heavy atom. The monoisotopic (exact) mass is 311 g/mol. The first-order chi connectivity index (χ1) is 7.87. The Labute approximate surface area is 124 Å². The van der Waals surface area contributed by atoms with Gasteiger partial charge in [-0.15, -0.1) is 11.8 Å². The van der Waals surface area contributed by atoms with Gasteiger partial charge in [0, 0.05) is 33.5 Å². The number of hydrogen-bond acceptors (Lipinski definition) is 5. The Morgan fingerprint density at radius 2 is 1.71 bits per heavy atom. The van der Waals surface area contributed by atoms with Crippen LogP contribution >= 0.6 is 47.0 Å². The van der Waals surface area contributed by atoms with E-state index in [-0.39, 0.29) is 4.87 Å². The lowest BCUT2D eigenvalue weighted by Crippen LogP contribution is -2.31. The van der Waals surface area contributed by atoms with Crippen LogP contribution in [0.3, 0.4) is 0 Å². The molecule has 0 bridgehead atoms. The topological polar surface area (TPSA) is 26.0 Å². The van der Waals surface area contributed by atoms with Crippen LogP contribution in [0, 0.1) is 0 Å². The first kappa shape index (κ1) is 16.4. The number of hydrogen-bond donors (Lipinski definition) is 1. The second kappa shape index (κ2) is 7.83. The molecule has 1 saturated heterocycles. The van der Waals surface area contributed by atoms with Gasteiger partial charge in [0.1, 0.15) is 0 Å². The van der Waals surface area contributed by atoms with Crippen LogP contribution in [0.2, 0.25) is 0 Å². The summed E-state index contributed by atoms with van der Waals surface area (Å²) < 4.78 is 0. The summed E-state index contributed by atoms with van der Waals surface area (Å²) in [6, 6.07) is 0. The highest BCUT2D eigenvalue weighted by Crippen LogP contribution is 2.35. The first-order valence-electron chi connectivity index (χ1n) is 6.14. The SMILES string of the molecule is CC(C)SCC1CSC(CSC(C)(C)N)CS1. The van der Waals surface area contributed by atoms with Crippen molar-refractivity contribution in [2.45, 2.75) is 48.3 Å². The Balaban J connectivity index is 2.13. The molecule has 0 aliphatic carbocycles. The van der Waals surface area contributed by atoms with Gasteiger partial charge in [0.25, 0.3) is 0 Å². The molecule has 0 aromatic carbocycles. The highest BCUT2D eigenvalue weighted by molar-refractivity contribution is 8.09. The molecule has 0 saturated carbocycles. The van der Waals surface area contributed by atoms with E-state index in [1.807, 2.05) is 11.8 Å². The van der Waals surface area contributed by atoms with E-state index in [1.54, 1.807) is 0 Å². The smallest absolute Gasteiger partial charge is 0.0563 e. The molecule has 0 spiro atoms. The summed E-state index contributed by atoms with van der Waals surface area (Å²) >= 11 is 8.32. The molecule has 2 atom stereocenters. The summed E-state index contributed by atoms with van der Waals surface area (Å²) in [5, 5.41) is 2.43. The lowest BCUT2D eigenvalue weighted by Gasteiger charge is -2.29. The van der Waals surface area contributed by atoms with Crippen LogP contribution in [0.15, 0.2) is 0 Å². The van der Waals surface area contributed by atoms with Crippen molar-refractivity contribution in [3.63, 3.8) is 0 Å². The second-order valence-corrected chi connectivity index (χ2v) is 11.2. The molecular weight excluding hydrogens is 286 g/mol. The maximum Gasteiger partial charge on any atom is 0.0563 e. The third kappa shape index (κ3) is 8.19. The molecule has 102 valence electrons. The minimum atomic E-state index is -0.0738. The Hall–Kier alpha value is 1.36. The molecule has 1 rings (SSSR count). The summed E-state index contributed by atoms with van der Waals surface area (Å²) in [5.41, 5.74) is 6.00. The third-order valence-electron chi connectivity index (χ3n) is 2.29. The van der Waals surface area contributed by atoms with Crippen molar-refractivity contribution in [1.82, 2.24) is 0 Å². The van der Waals surface area contributed by atoms with Crippen molar-refractivity contribution < 1.29 is 0 Å². The Bertz CT molecular complexity index is 207. The molecule has 0 aromatic heterocycles. The molecule has 2 unspecified atom stereocenters. The lowest BCUT2D eigenvalue weighted by molar-refractivity contribution is 0.757. The summed E-state index contributed by atoms with van der Waals surface area (Å²) in [6.07, 6.45) is 0. The molecule has 0 amide bonds. The van der Waals surface area contributed by atoms with Crippen LogP contribution in [0.5, 0.6) is 0 Å². The van der Waals surface area contributed by atoms with Gasteiger partial charge < -0.3 is 5.73 Å². The molecule has 2 N–H and O–H groups in total. The number of thioether (sulfide) groups is 4. The van der Waals surface area contributed by atoms with Crippen molar-refractivity contribution >= 4 is 47.0 Å². The summed E-state index contributed by atoms with van der Waals surface area (Å²) in [6.45, 7) is 8.77. The van der Waals surface area contributed by atoms with Crippen molar-refractivity contribution in [2.24, 2.45) is 5.73 Å². The minimum absolute atomic E-state index is 0.0738. The number of nitrogens with two attached hydrogens (primary N) is 1. The first-order valence-corrected chi connectivity index (χ1v) is 10.3. The van der Waals surface area contributed by atoms with Crippen LogP contribution in [0.25, 0.3) is 0 Å². The zero-order chi connectivity index (χ0) is 12.9. The molecule has 1 aliphatic rings.